The first-order valence-electron chi connectivity index (χ1n) is 7.79. The molecule has 1 aromatic carbocycles. The van der Waals surface area contributed by atoms with Gasteiger partial charge in [-0.2, -0.15) is 4.31 Å². The fourth-order valence-electron chi connectivity index (χ4n) is 2.30. The molecule has 4 nitrogen and oxygen atoms in total. The zero-order chi connectivity index (χ0) is 16.8. The third-order valence-electron chi connectivity index (χ3n) is 3.58. The van der Waals surface area contributed by atoms with Crippen molar-refractivity contribution in [3.05, 3.63) is 29.3 Å². The molecule has 0 aliphatic rings. The van der Waals surface area contributed by atoms with Crippen molar-refractivity contribution < 1.29 is 8.42 Å². The number of nitrogens with zero attached hydrogens (tertiary/aromatic N) is 2. The van der Waals surface area contributed by atoms with E-state index in [-0.39, 0.29) is 15.8 Å². The van der Waals surface area contributed by atoms with Crippen LogP contribution in [0.5, 0.6) is 0 Å². The van der Waals surface area contributed by atoms with E-state index in [2.05, 4.69) is 18.7 Å². The van der Waals surface area contributed by atoms with Crippen molar-refractivity contribution in [2.75, 3.05) is 32.7 Å². The van der Waals surface area contributed by atoms with Gasteiger partial charge in [0, 0.05) is 19.6 Å². The van der Waals surface area contributed by atoms with Gasteiger partial charge in [-0.05, 0) is 31.1 Å². The van der Waals surface area contributed by atoms with E-state index in [0.717, 1.165) is 19.6 Å². The van der Waals surface area contributed by atoms with E-state index >= 15 is 0 Å². The van der Waals surface area contributed by atoms with Crippen molar-refractivity contribution in [3.63, 3.8) is 0 Å². The predicted molar refractivity (Wildman–Crippen MR) is 92.8 cm³/mol. The average molecular weight is 347 g/mol. The summed E-state index contributed by atoms with van der Waals surface area (Å²) in [6.45, 7) is 11.7. The Bertz CT molecular complexity index is 557. The summed E-state index contributed by atoms with van der Waals surface area (Å²) < 4.78 is 27.4. The lowest BCUT2D eigenvalue weighted by Crippen LogP contribution is -2.40. The summed E-state index contributed by atoms with van der Waals surface area (Å²) in [5.74, 6) is 0.258. The van der Waals surface area contributed by atoms with Crippen LogP contribution < -0.4 is 0 Å². The van der Waals surface area contributed by atoms with Crippen LogP contribution >= 0.6 is 11.6 Å². The maximum Gasteiger partial charge on any atom is 0.244 e. The van der Waals surface area contributed by atoms with Crippen LogP contribution in [0.2, 0.25) is 5.02 Å². The van der Waals surface area contributed by atoms with E-state index < -0.39 is 10.0 Å². The van der Waals surface area contributed by atoms with Gasteiger partial charge in [-0.1, -0.05) is 51.4 Å². The van der Waals surface area contributed by atoms with Gasteiger partial charge >= 0.3 is 0 Å². The Morgan fingerprint density at radius 3 is 2.18 bits per heavy atom. The summed E-state index contributed by atoms with van der Waals surface area (Å²) in [5, 5.41) is 0.277. The van der Waals surface area contributed by atoms with Crippen molar-refractivity contribution >= 4 is 21.6 Å². The minimum Gasteiger partial charge on any atom is -0.303 e. The van der Waals surface area contributed by atoms with Crippen LogP contribution in [0.25, 0.3) is 0 Å². The minimum absolute atomic E-state index is 0.192. The van der Waals surface area contributed by atoms with Crippen molar-refractivity contribution in [3.8, 4) is 0 Å². The average Bonchev–Trinajstić information content (AvgIpc) is 2.46. The van der Waals surface area contributed by atoms with E-state index in [0.29, 0.717) is 13.1 Å². The van der Waals surface area contributed by atoms with E-state index in [1.807, 2.05) is 13.8 Å². The Morgan fingerprint density at radius 1 is 1.09 bits per heavy atom. The number of rotatable bonds is 9. The van der Waals surface area contributed by atoms with Gasteiger partial charge in [0.15, 0.2) is 0 Å². The smallest absolute Gasteiger partial charge is 0.244 e. The molecule has 22 heavy (non-hydrogen) atoms. The first-order chi connectivity index (χ1) is 10.3. The second kappa shape index (κ2) is 8.87. The molecular formula is C16H27ClN2O2S. The molecule has 1 aromatic rings. The fraction of sp³-hybridized carbons (Fsp3) is 0.625. The fourth-order valence-corrected chi connectivity index (χ4v) is 4.39. The summed E-state index contributed by atoms with van der Waals surface area (Å²) in [6, 6.07) is 6.63. The summed E-state index contributed by atoms with van der Waals surface area (Å²) in [7, 11) is -3.56. The highest BCUT2D eigenvalue weighted by Crippen LogP contribution is 2.24. The van der Waals surface area contributed by atoms with Crippen LogP contribution in [0.4, 0.5) is 0 Å². The SMILES string of the molecule is CCN(CC)CCN(CC(C)C)S(=O)(=O)c1ccccc1Cl. The first-order valence-corrected chi connectivity index (χ1v) is 9.61. The Kier molecular flexibility index (Phi) is 7.83. The Morgan fingerprint density at radius 2 is 1.68 bits per heavy atom. The molecule has 0 aliphatic carbocycles. The molecule has 0 fully saturated rings. The van der Waals surface area contributed by atoms with Crippen molar-refractivity contribution in [2.24, 2.45) is 5.92 Å². The van der Waals surface area contributed by atoms with E-state index in [4.69, 9.17) is 11.6 Å². The monoisotopic (exact) mass is 346 g/mol. The third-order valence-corrected chi connectivity index (χ3v) is 5.95. The Hall–Kier alpha value is -0.620. The molecule has 0 N–H and O–H groups in total. The number of benzene rings is 1. The lowest BCUT2D eigenvalue weighted by molar-refractivity contribution is 0.262. The lowest BCUT2D eigenvalue weighted by Gasteiger charge is -2.27. The van der Waals surface area contributed by atoms with Crippen LogP contribution in [-0.4, -0.2) is 50.3 Å². The van der Waals surface area contributed by atoms with Gasteiger partial charge in [0.05, 0.1) is 5.02 Å². The summed E-state index contributed by atoms with van der Waals surface area (Å²) in [5.41, 5.74) is 0. The standard InChI is InChI=1S/C16H27ClN2O2S/c1-5-18(6-2)11-12-19(13-14(3)4)22(20,21)16-10-8-7-9-15(16)17/h7-10,14H,5-6,11-13H2,1-4H3. The van der Waals surface area contributed by atoms with Crippen molar-refractivity contribution in [1.82, 2.24) is 9.21 Å². The largest absolute Gasteiger partial charge is 0.303 e. The van der Waals surface area contributed by atoms with Gasteiger partial charge in [-0.3, -0.25) is 0 Å². The first kappa shape index (κ1) is 19.4. The molecule has 0 atom stereocenters. The number of sulfonamides is 1. The second-order valence-electron chi connectivity index (χ2n) is 5.71. The molecule has 0 saturated heterocycles. The number of likely N-dealkylation sites (N-methyl/N-ethyl adjacent to an activating group) is 1. The van der Waals surface area contributed by atoms with Gasteiger partial charge in [-0.15, -0.1) is 0 Å². The van der Waals surface area contributed by atoms with Gasteiger partial charge < -0.3 is 4.90 Å². The topological polar surface area (TPSA) is 40.6 Å². The molecule has 0 amide bonds. The highest BCUT2D eigenvalue weighted by molar-refractivity contribution is 7.89. The van der Waals surface area contributed by atoms with E-state index in [1.165, 1.54) is 0 Å². The molecule has 0 radical (unpaired) electrons. The zero-order valence-electron chi connectivity index (χ0n) is 13.9. The highest BCUT2D eigenvalue weighted by Gasteiger charge is 2.27. The van der Waals surface area contributed by atoms with E-state index in [9.17, 15) is 8.42 Å². The predicted octanol–water partition coefficient (Wildman–Crippen LogP) is 3.33. The van der Waals surface area contributed by atoms with Crippen molar-refractivity contribution in [1.29, 1.82) is 0 Å². The number of hydrogen-bond acceptors (Lipinski definition) is 3. The van der Waals surface area contributed by atoms with Crippen LogP contribution in [0.15, 0.2) is 29.2 Å². The van der Waals surface area contributed by atoms with Gasteiger partial charge in [0.1, 0.15) is 4.90 Å². The van der Waals surface area contributed by atoms with Gasteiger partial charge in [0.25, 0.3) is 0 Å². The Balaban J connectivity index is 3.02. The zero-order valence-corrected chi connectivity index (χ0v) is 15.5. The lowest BCUT2D eigenvalue weighted by atomic mass is 10.2. The van der Waals surface area contributed by atoms with Gasteiger partial charge in [0.2, 0.25) is 10.0 Å². The van der Waals surface area contributed by atoms with Crippen LogP contribution in [0.1, 0.15) is 27.7 Å². The Labute approximate surface area is 140 Å². The summed E-state index contributed by atoms with van der Waals surface area (Å²) in [6.07, 6.45) is 0. The maximum atomic E-state index is 12.9. The summed E-state index contributed by atoms with van der Waals surface area (Å²) in [4.78, 5) is 2.41. The minimum atomic E-state index is -3.56. The molecule has 0 heterocycles. The molecule has 0 unspecified atom stereocenters. The molecule has 126 valence electrons. The highest BCUT2D eigenvalue weighted by atomic mass is 35.5. The van der Waals surface area contributed by atoms with E-state index in [1.54, 1.807) is 28.6 Å². The molecule has 0 bridgehead atoms. The number of halogens is 1. The molecule has 0 aromatic heterocycles. The van der Waals surface area contributed by atoms with Crippen LogP contribution in [-0.2, 0) is 10.0 Å². The molecule has 0 aliphatic heterocycles. The number of hydrogen-bond donors (Lipinski definition) is 0. The second-order valence-corrected chi connectivity index (χ2v) is 8.03. The summed E-state index contributed by atoms with van der Waals surface area (Å²) >= 11 is 6.09. The van der Waals surface area contributed by atoms with Crippen LogP contribution in [0, 0.1) is 5.92 Å². The molecule has 1 rings (SSSR count). The molecular weight excluding hydrogens is 320 g/mol. The molecule has 0 spiro atoms. The van der Waals surface area contributed by atoms with Gasteiger partial charge in [-0.25, -0.2) is 8.42 Å². The maximum absolute atomic E-state index is 12.9. The molecule has 0 saturated carbocycles. The van der Waals surface area contributed by atoms with Crippen molar-refractivity contribution in [2.45, 2.75) is 32.6 Å². The molecule has 6 heteroatoms. The third kappa shape index (κ3) is 5.23. The normalized spacial score (nSPS) is 12.5. The quantitative estimate of drug-likeness (QED) is 0.688. The van der Waals surface area contributed by atoms with Crippen LogP contribution in [0.3, 0.4) is 0 Å².